The number of aliphatic hydroxyl groups excluding tert-OH is 2. The van der Waals surface area contributed by atoms with Gasteiger partial charge in [-0.1, -0.05) is 137 Å². The van der Waals surface area contributed by atoms with Crippen LogP contribution in [0.1, 0.15) is 129 Å². The highest BCUT2D eigenvalue weighted by Crippen LogP contribution is 2.36. The van der Waals surface area contributed by atoms with Gasteiger partial charge in [-0.2, -0.15) is 0 Å². The van der Waals surface area contributed by atoms with Crippen molar-refractivity contribution >= 4 is 19.8 Å². The Hall–Kier alpha value is -2.85. The lowest BCUT2D eigenvalue weighted by molar-refractivity contribution is -0.161. The van der Waals surface area contributed by atoms with Crippen LogP contribution in [0.15, 0.2) is 85.1 Å². The second kappa shape index (κ2) is 35.2. The van der Waals surface area contributed by atoms with Crippen LogP contribution in [0.4, 0.5) is 0 Å². The van der Waals surface area contributed by atoms with Crippen LogP contribution in [0, 0.1) is 0 Å². The van der Waals surface area contributed by atoms with Crippen molar-refractivity contribution < 1.29 is 48.2 Å². The van der Waals surface area contributed by atoms with Gasteiger partial charge in [0.1, 0.15) is 6.61 Å². The number of ether oxygens (including phenoxy) is 2. The summed E-state index contributed by atoms with van der Waals surface area (Å²) in [6.07, 6.45) is 39.5. The predicted octanol–water partition coefficient (Wildman–Crippen LogP) is 9.23. The predicted molar refractivity (Wildman–Crippen MR) is 209 cm³/mol. The van der Waals surface area contributed by atoms with Crippen molar-refractivity contribution in [2.45, 2.75) is 148 Å². The number of allylic oxidation sites excluding steroid dienone is 10. The smallest absolute Gasteiger partial charge is 0.462 e. The van der Waals surface area contributed by atoms with Crippen LogP contribution < -0.4 is 0 Å². The molecular weight excluding hydrogens is 683 g/mol. The molecule has 0 aliphatic heterocycles. The molecule has 11 heteroatoms. The second-order valence-electron chi connectivity index (χ2n) is 12.6. The van der Waals surface area contributed by atoms with E-state index in [-0.39, 0.29) is 19.4 Å². The van der Waals surface area contributed by atoms with E-state index in [1.807, 2.05) is 42.5 Å². The number of aliphatic hydroxyl groups is 2. The fourth-order valence-corrected chi connectivity index (χ4v) is 5.05. The minimum Gasteiger partial charge on any atom is -0.462 e. The number of unbranched alkanes of at least 4 members (excludes halogenated alkanes) is 10. The molecule has 3 atom stereocenters. The maximum Gasteiger partial charge on any atom is 0.469 e. The van der Waals surface area contributed by atoms with Gasteiger partial charge in [-0.15, -0.1) is 0 Å². The van der Waals surface area contributed by atoms with Gasteiger partial charge >= 0.3 is 19.8 Å². The normalized spacial score (nSPS) is 14.7. The summed E-state index contributed by atoms with van der Waals surface area (Å²) in [6, 6.07) is 0. The van der Waals surface area contributed by atoms with E-state index in [9.17, 15) is 24.4 Å². The Balaban J connectivity index is 4.27. The SMILES string of the molecule is CC/C=C\C[C@@H](O)/C=C/C=C\C/C=C\C=C\[C@@H](O)/C=C\CCCC(=O)OC[C@H](COP(=O)(O)O)OC(=O)CCCCCCC/C=C\CCCCCC. The Kier molecular flexibility index (Phi) is 33.3. The van der Waals surface area contributed by atoms with Crippen molar-refractivity contribution in [3.8, 4) is 0 Å². The highest BCUT2D eigenvalue weighted by molar-refractivity contribution is 7.46. The Bertz CT molecular complexity index is 1150. The number of esters is 2. The fourth-order valence-electron chi connectivity index (χ4n) is 4.69. The molecule has 0 aromatic heterocycles. The molecule has 10 nitrogen and oxygen atoms in total. The molecule has 0 rings (SSSR count). The van der Waals surface area contributed by atoms with Crippen LogP contribution in [0.25, 0.3) is 0 Å². The lowest BCUT2D eigenvalue weighted by Crippen LogP contribution is -2.29. The van der Waals surface area contributed by atoms with Gasteiger partial charge in [-0.05, 0) is 64.2 Å². The lowest BCUT2D eigenvalue weighted by Gasteiger charge is -2.18. The number of carbonyl (C=O) groups excluding carboxylic acids is 2. The van der Waals surface area contributed by atoms with Crippen molar-refractivity contribution in [2.24, 2.45) is 0 Å². The van der Waals surface area contributed by atoms with E-state index in [0.717, 1.165) is 44.9 Å². The van der Waals surface area contributed by atoms with Crippen molar-refractivity contribution in [3.63, 3.8) is 0 Å². The standard InChI is InChI=1S/C41H67O10P/c1-3-5-7-8-9-10-11-12-13-14-18-21-27-34-41(45)51-39(36-50-52(46,47)48)35-49-40(44)33-28-22-26-32-38(43)31-25-20-17-15-16-19-24-30-37(42)29-23-6-4-2/h6,10-11,16-17,19-20,23-26,30-32,37-39,42-43H,3-5,7-9,12-15,18,21-22,27-29,33-36H2,1-2H3,(H2,46,47,48)/b11-10-,19-16-,20-17-,23-6-,30-24+,31-25+,32-26-/t37-,38-,39-/m1/s1. The maximum absolute atomic E-state index is 12.3. The van der Waals surface area contributed by atoms with Crippen LogP contribution in [0.5, 0.6) is 0 Å². The summed E-state index contributed by atoms with van der Waals surface area (Å²) in [5, 5.41) is 19.9. The zero-order valence-corrected chi connectivity index (χ0v) is 32.5. The van der Waals surface area contributed by atoms with Crippen LogP contribution in [-0.2, 0) is 28.2 Å². The molecule has 0 fully saturated rings. The van der Waals surface area contributed by atoms with E-state index in [0.29, 0.717) is 32.1 Å². The first-order valence-corrected chi connectivity index (χ1v) is 20.6. The van der Waals surface area contributed by atoms with Gasteiger partial charge < -0.3 is 29.5 Å². The topological polar surface area (TPSA) is 160 Å². The molecule has 0 bridgehead atoms. The summed E-state index contributed by atoms with van der Waals surface area (Å²) in [5.74, 6) is -1.09. The first-order chi connectivity index (χ1) is 25.1. The number of phosphoric acid groups is 1. The monoisotopic (exact) mass is 750 g/mol. The first kappa shape index (κ1) is 49.1. The Morgan fingerprint density at radius 1 is 0.635 bits per heavy atom. The zero-order chi connectivity index (χ0) is 38.5. The minimum atomic E-state index is -4.80. The molecule has 0 saturated heterocycles. The molecule has 4 N–H and O–H groups in total. The number of phosphoric ester groups is 1. The van der Waals surface area contributed by atoms with Crippen LogP contribution in [0.3, 0.4) is 0 Å². The third-order valence-corrected chi connectivity index (χ3v) is 8.06. The van der Waals surface area contributed by atoms with Crippen molar-refractivity contribution in [1.82, 2.24) is 0 Å². The van der Waals surface area contributed by atoms with E-state index >= 15 is 0 Å². The molecule has 296 valence electrons. The largest absolute Gasteiger partial charge is 0.469 e. The molecule has 0 amide bonds. The number of rotatable bonds is 33. The summed E-state index contributed by atoms with van der Waals surface area (Å²) >= 11 is 0. The molecular formula is C41H67O10P. The molecule has 0 aliphatic carbocycles. The maximum atomic E-state index is 12.3. The van der Waals surface area contributed by atoms with Gasteiger partial charge in [-0.3, -0.25) is 14.1 Å². The Morgan fingerprint density at radius 2 is 1.25 bits per heavy atom. The Morgan fingerprint density at radius 3 is 1.92 bits per heavy atom. The van der Waals surface area contributed by atoms with Crippen LogP contribution in [-0.4, -0.2) is 63.5 Å². The van der Waals surface area contributed by atoms with Gasteiger partial charge in [0.05, 0.1) is 18.8 Å². The summed E-state index contributed by atoms with van der Waals surface area (Å²) in [4.78, 5) is 42.7. The first-order valence-electron chi connectivity index (χ1n) is 19.1. The lowest BCUT2D eigenvalue weighted by atomic mass is 10.1. The van der Waals surface area contributed by atoms with Gasteiger partial charge in [0.25, 0.3) is 0 Å². The molecule has 0 heterocycles. The Labute approximate surface area is 313 Å². The van der Waals surface area contributed by atoms with E-state index in [1.165, 1.54) is 25.7 Å². The second-order valence-corrected chi connectivity index (χ2v) is 13.8. The van der Waals surface area contributed by atoms with Crippen LogP contribution in [0.2, 0.25) is 0 Å². The summed E-state index contributed by atoms with van der Waals surface area (Å²) < 4.78 is 26.2. The highest BCUT2D eigenvalue weighted by atomic mass is 31.2. The van der Waals surface area contributed by atoms with E-state index in [4.69, 9.17) is 19.3 Å². The van der Waals surface area contributed by atoms with Crippen molar-refractivity contribution in [2.75, 3.05) is 13.2 Å². The highest BCUT2D eigenvalue weighted by Gasteiger charge is 2.22. The van der Waals surface area contributed by atoms with E-state index < -0.39 is 44.7 Å². The quantitative estimate of drug-likeness (QED) is 0.0167. The van der Waals surface area contributed by atoms with Gasteiger partial charge in [-0.25, -0.2) is 4.57 Å². The summed E-state index contributed by atoms with van der Waals surface area (Å²) in [5.41, 5.74) is 0. The van der Waals surface area contributed by atoms with Crippen LogP contribution >= 0.6 is 7.82 Å². The van der Waals surface area contributed by atoms with Crippen molar-refractivity contribution in [3.05, 3.63) is 85.1 Å². The molecule has 0 aliphatic rings. The molecule has 52 heavy (non-hydrogen) atoms. The third kappa shape index (κ3) is 36.9. The molecule has 0 aromatic carbocycles. The fraction of sp³-hybridized carbons (Fsp3) is 0.610. The molecule has 0 radical (unpaired) electrons. The average Bonchev–Trinajstić information content (AvgIpc) is 3.10. The molecule has 0 unspecified atom stereocenters. The zero-order valence-electron chi connectivity index (χ0n) is 31.6. The number of hydrogen-bond donors (Lipinski definition) is 4. The summed E-state index contributed by atoms with van der Waals surface area (Å²) in [7, 11) is -4.80. The van der Waals surface area contributed by atoms with E-state index in [2.05, 4.69) is 30.5 Å². The molecule has 0 aromatic rings. The van der Waals surface area contributed by atoms with E-state index in [1.54, 1.807) is 30.4 Å². The summed E-state index contributed by atoms with van der Waals surface area (Å²) in [6.45, 7) is 3.28. The average molecular weight is 751 g/mol. The third-order valence-electron chi connectivity index (χ3n) is 7.57. The van der Waals surface area contributed by atoms with Crippen molar-refractivity contribution in [1.29, 1.82) is 0 Å². The van der Waals surface area contributed by atoms with Gasteiger partial charge in [0, 0.05) is 12.8 Å². The number of hydrogen-bond acceptors (Lipinski definition) is 8. The number of carbonyl (C=O) groups is 2. The van der Waals surface area contributed by atoms with Gasteiger partial charge in [0.2, 0.25) is 0 Å². The minimum absolute atomic E-state index is 0.0748. The molecule has 0 spiro atoms. The molecule has 0 saturated carbocycles. The van der Waals surface area contributed by atoms with Gasteiger partial charge in [0.15, 0.2) is 6.10 Å².